The lowest BCUT2D eigenvalue weighted by Gasteiger charge is -2.42. The first-order chi connectivity index (χ1) is 16.1. The standard InChI is InChI=1S/C25H33N3O4S2/c1-25(2)23(24(29)30)28(16-17-33-25)34(31,32)22-10-8-21(9-11-22)20-6-4-19(5-7-20)18-27-14-12-26(3)13-15-27/h4-11,23H,12-18H2,1-3H3,(H,29,30)/t23-/m0/s1. The Kier molecular flexibility index (Phi) is 7.40. The van der Waals surface area contributed by atoms with Gasteiger partial charge in [0.25, 0.3) is 0 Å². The summed E-state index contributed by atoms with van der Waals surface area (Å²) in [6, 6.07) is 14.0. The van der Waals surface area contributed by atoms with Crippen molar-refractivity contribution < 1.29 is 18.3 Å². The maximum absolute atomic E-state index is 13.3. The molecule has 0 bridgehead atoms. The van der Waals surface area contributed by atoms with Crippen molar-refractivity contribution in [1.29, 1.82) is 0 Å². The van der Waals surface area contributed by atoms with Crippen LogP contribution in [0.15, 0.2) is 53.4 Å². The molecule has 7 nitrogen and oxygen atoms in total. The van der Waals surface area contributed by atoms with Crippen molar-refractivity contribution in [2.45, 2.75) is 36.1 Å². The third-order valence-electron chi connectivity index (χ3n) is 6.72. The number of nitrogens with zero attached hydrogens (tertiary/aromatic N) is 3. The highest BCUT2D eigenvalue weighted by Gasteiger charge is 2.48. The van der Waals surface area contributed by atoms with Gasteiger partial charge in [-0.15, -0.1) is 0 Å². The minimum absolute atomic E-state index is 0.122. The summed E-state index contributed by atoms with van der Waals surface area (Å²) in [7, 11) is -1.77. The number of aliphatic carboxylic acids is 1. The van der Waals surface area contributed by atoms with E-state index in [1.807, 2.05) is 0 Å². The summed E-state index contributed by atoms with van der Waals surface area (Å²) in [4.78, 5) is 16.9. The first-order valence-corrected chi connectivity index (χ1v) is 14.0. The number of sulfonamides is 1. The van der Waals surface area contributed by atoms with Crippen LogP contribution in [0.5, 0.6) is 0 Å². The number of thioether (sulfide) groups is 1. The highest BCUT2D eigenvalue weighted by atomic mass is 32.2. The van der Waals surface area contributed by atoms with Crippen LogP contribution in [0.25, 0.3) is 11.1 Å². The first kappa shape index (κ1) is 25.2. The lowest BCUT2D eigenvalue weighted by Crippen LogP contribution is -2.58. The molecule has 9 heteroatoms. The highest BCUT2D eigenvalue weighted by Crippen LogP contribution is 2.38. The number of hydrogen-bond acceptors (Lipinski definition) is 6. The van der Waals surface area contributed by atoms with Crippen LogP contribution < -0.4 is 0 Å². The quantitative estimate of drug-likeness (QED) is 0.649. The molecular weight excluding hydrogens is 470 g/mol. The molecule has 34 heavy (non-hydrogen) atoms. The van der Waals surface area contributed by atoms with Gasteiger partial charge in [0, 0.05) is 49.8 Å². The molecule has 2 aliphatic rings. The zero-order valence-electron chi connectivity index (χ0n) is 20.0. The molecule has 4 rings (SSSR count). The first-order valence-electron chi connectivity index (χ1n) is 11.6. The molecule has 2 heterocycles. The van der Waals surface area contributed by atoms with E-state index in [0.29, 0.717) is 5.75 Å². The van der Waals surface area contributed by atoms with Gasteiger partial charge in [0.2, 0.25) is 10.0 Å². The lowest BCUT2D eigenvalue weighted by molar-refractivity contribution is -0.142. The molecule has 2 saturated heterocycles. The largest absolute Gasteiger partial charge is 0.480 e. The Morgan fingerprint density at radius 1 is 0.971 bits per heavy atom. The van der Waals surface area contributed by atoms with Crippen LogP contribution in [0, 0.1) is 0 Å². The van der Waals surface area contributed by atoms with Gasteiger partial charge < -0.3 is 10.0 Å². The van der Waals surface area contributed by atoms with Gasteiger partial charge in [0.05, 0.1) is 4.90 Å². The predicted octanol–water partition coefficient (Wildman–Crippen LogP) is 3.07. The van der Waals surface area contributed by atoms with E-state index in [-0.39, 0.29) is 11.4 Å². The molecule has 0 saturated carbocycles. The molecule has 2 aromatic carbocycles. The molecule has 0 spiro atoms. The van der Waals surface area contributed by atoms with E-state index < -0.39 is 26.8 Å². The van der Waals surface area contributed by atoms with Crippen LogP contribution in [0.1, 0.15) is 19.4 Å². The van der Waals surface area contributed by atoms with E-state index in [1.165, 1.54) is 17.3 Å². The third-order valence-corrected chi connectivity index (χ3v) is 9.95. The highest BCUT2D eigenvalue weighted by molar-refractivity contribution is 8.00. The molecule has 0 aliphatic carbocycles. The van der Waals surface area contributed by atoms with Gasteiger partial charge in [-0.05, 0) is 49.7 Å². The van der Waals surface area contributed by atoms with E-state index in [9.17, 15) is 18.3 Å². The zero-order chi connectivity index (χ0) is 24.5. The number of rotatable bonds is 6. The van der Waals surface area contributed by atoms with Crippen LogP contribution in [0.3, 0.4) is 0 Å². The molecular formula is C25H33N3O4S2. The summed E-state index contributed by atoms with van der Waals surface area (Å²) in [5, 5.41) is 9.76. The molecule has 1 atom stereocenters. The van der Waals surface area contributed by atoms with Crippen molar-refractivity contribution in [2.75, 3.05) is 45.5 Å². The normalized spacial score (nSPS) is 22.5. The van der Waals surface area contributed by atoms with Gasteiger partial charge in [-0.1, -0.05) is 36.4 Å². The third kappa shape index (κ3) is 5.33. The topological polar surface area (TPSA) is 81.2 Å². The molecule has 0 aromatic heterocycles. The van der Waals surface area contributed by atoms with Crippen molar-refractivity contribution in [2.24, 2.45) is 0 Å². The van der Waals surface area contributed by atoms with Crippen molar-refractivity contribution in [3.63, 3.8) is 0 Å². The molecule has 1 N–H and O–H groups in total. The Hall–Kier alpha value is -1.91. The second-order valence-electron chi connectivity index (χ2n) is 9.61. The van der Waals surface area contributed by atoms with Crippen LogP contribution in [-0.2, 0) is 21.4 Å². The van der Waals surface area contributed by atoms with Crippen LogP contribution in [-0.4, -0.2) is 89.9 Å². The summed E-state index contributed by atoms with van der Waals surface area (Å²) in [6.07, 6.45) is 0. The van der Waals surface area contributed by atoms with Gasteiger partial charge in [-0.25, -0.2) is 8.42 Å². The number of hydrogen-bond donors (Lipinski definition) is 1. The van der Waals surface area contributed by atoms with Crippen LogP contribution >= 0.6 is 11.8 Å². The van der Waals surface area contributed by atoms with Gasteiger partial charge in [0.1, 0.15) is 6.04 Å². The second kappa shape index (κ2) is 9.99. The smallest absolute Gasteiger partial charge is 0.323 e. The fourth-order valence-electron chi connectivity index (χ4n) is 4.65. The minimum atomic E-state index is -3.92. The molecule has 0 unspecified atom stereocenters. The fourth-order valence-corrected chi connectivity index (χ4v) is 7.75. The number of carbonyl (C=O) groups is 1. The average molecular weight is 504 g/mol. The Bertz CT molecular complexity index is 1110. The molecule has 2 aromatic rings. The van der Waals surface area contributed by atoms with Gasteiger partial charge in [-0.3, -0.25) is 9.69 Å². The van der Waals surface area contributed by atoms with E-state index in [2.05, 4.69) is 41.1 Å². The van der Waals surface area contributed by atoms with E-state index in [4.69, 9.17) is 0 Å². The van der Waals surface area contributed by atoms with Crippen LogP contribution in [0.2, 0.25) is 0 Å². The van der Waals surface area contributed by atoms with Gasteiger partial charge in [0.15, 0.2) is 0 Å². The van der Waals surface area contributed by atoms with Crippen LogP contribution in [0.4, 0.5) is 0 Å². The Balaban J connectivity index is 1.48. The van der Waals surface area contributed by atoms with Gasteiger partial charge >= 0.3 is 5.97 Å². The number of piperazine rings is 1. The molecule has 2 aliphatic heterocycles. The number of carboxylic acid groups (broad SMARTS) is 1. The maximum Gasteiger partial charge on any atom is 0.323 e. The molecule has 0 radical (unpaired) electrons. The Morgan fingerprint density at radius 2 is 1.53 bits per heavy atom. The van der Waals surface area contributed by atoms with Gasteiger partial charge in [-0.2, -0.15) is 16.1 Å². The summed E-state index contributed by atoms with van der Waals surface area (Å²) in [5.41, 5.74) is 3.21. The van der Waals surface area contributed by atoms with Crippen molar-refractivity contribution in [3.05, 3.63) is 54.1 Å². The number of likely N-dealkylation sites (N-methyl/N-ethyl adjacent to an activating group) is 1. The van der Waals surface area contributed by atoms with E-state index in [1.54, 1.807) is 38.1 Å². The van der Waals surface area contributed by atoms with E-state index in [0.717, 1.165) is 48.2 Å². The zero-order valence-corrected chi connectivity index (χ0v) is 21.6. The van der Waals surface area contributed by atoms with Crippen molar-refractivity contribution in [3.8, 4) is 11.1 Å². The summed E-state index contributed by atoms with van der Waals surface area (Å²) >= 11 is 1.49. The monoisotopic (exact) mass is 503 g/mol. The molecule has 2 fully saturated rings. The summed E-state index contributed by atoms with van der Waals surface area (Å²) < 4.78 is 27.1. The van der Waals surface area contributed by atoms with Crippen molar-refractivity contribution >= 4 is 27.8 Å². The SMILES string of the molecule is CN1CCN(Cc2ccc(-c3ccc(S(=O)(=O)N4CCSC(C)(C)[C@@H]4C(=O)O)cc3)cc2)CC1. The maximum atomic E-state index is 13.3. The number of carboxylic acids is 1. The fraction of sp³-hybridized carbons (Fsp3) is 0.480. The minimum Gasteiger partial charge on any atom is -0.480 e. The molecule has 0 amide bonds. The Labute approximate surface area is 206 Å². The second-order valence-corrected chi connectivity index (χ2v) is 13.2. The molecule has 184 valence electrons. The van der Waals surface area contributed by atoms with E-state index >= 15 is 0 Å². The summed E-state index contributed by atoms with van der Waals surface area (Å²) in [6.45, 7) is 9.02. The van der Waals surface area contributed by atoms with Crippen molar-refractivity contribution in [1.82, 2.24) is 14.1 Å². The Morgan fingerprint density at radius 3 is 2.09 bits per heavy atom. The lowest BCUT2D eigenvalue weighted by atomic mass is 10.0. The predicted molar refractivity (Wildman–Crippen MR) is 137 cm³/mol. The average Bonchev–Trinajstić information content (AvgIpc) is 2.80. The summed E-state index contributed by atoms with van der Waals surface area (Å²) in [5.74, 6) is -0.553. The number of benzene rings is 2.